The quantitative estimate of drug-likeness (QED) is 0.572. The molecule has 0 spiro atoms. The van der Waals surface area contributed by atoms with Gasteiger partial charge in [0.25, 0.3) is 0 Å². The molecule has 0 amide bonds. The summed E-state index contributed by atoms with van der Waals surface area (Å²) in [7, 11) is 0. The maximum atomic E-state index is 2.68. The Labute approximate surface area is 79.4 Å². The molecule has 2 nitrogen and oxygen atoms in total. The third kappa shape index (κ3) is 1.78. The summed E-state index contributed by atoms with van der Waals surface area (Å²) in [6, 6.07) is 0.875. The first-order chi connectivity index (χ1) is 5.90. The average molecular weight is 186 g/mol. The van der Waals surface area contributed by atoms with Gasteiger partial charge >= 0.3 is 0 Å². The van der Waals surface area contributed by atoms with Crippen molar-refractivity contribution in [1.29, 1.82) is 0 Å². The largest absolute Gasteiger partial charge is 0.298 e. The number of rotatable bonds is 1. The molecule has 0 bridgehead atoms. The molecule has 70 valence electrons. The number of piperazine rings is 1. The number of piperidine rings is 1. The lowest BCUT2D eigenvalue weighted by molar-refractivity contribution is 0.0897. The second-order valence-electron chi connectivity index (χ2n) is 3.76. The van der Waals surface area contributed by atoms with Crippen LogP contribution in [0.15, 0.2) is 0 Å². The van der Waals surface area contributed by atoms with Crippen LogP contribution in [-0.2, 0) is 0 Å². The molecule has 0 saturated carbocycles. The lowest BCUT2D eigenvalue weighted by Gasteiger charge is -2.43. The lowest BCUT2D eigenvalue weighted by Crippen LogP contribution is -2.52. The van der Waals surface area contributed by atoms with Gasteiger partial charge in [0, 0.05) is 25.7 Å². The van der Waals surface area contributed by atoms with Gasteiger partial charge in [0.15, 0.2) is 0 Å². The highest BCUT2D eigenvalue weighted by atomic mass is 32.2. The fourth-order valence-electron chi connectivity index (χ4n) is 2.29. The smallest absolute Gasteiger partial charge is 0.0246 e. The van der Waals surface area contributed by atoms with Crippen LogP contribution in [0.5, 0.6) is 0 Å². The standard InChI is InChI=1S/C9H18N2S/c1-12-11-7-6-10-5-3-2-4-9(10)8-11/h9H,2-8H2,1H3. The summed E-state index contributed by atoms with van der Waals surface area (Å²) in [5, 5.41) is 0. The average Bonchev–Trinajstić information content (AvgIpc) is 2.17. The molecule has 2 saturated heterocycles. The summed E-state index contributed by atoms with van der Waals surface area (Å²) < 4.78 is 2.51. The zero-order chi connectivity index (χ0) is 8.39. The highest BCUT2D eigenvalue weighted by Gasteiger charge is 2.28. The van der Waals surface area contributed by atoms with Gasteiger partial charge in [0.2, 0.25) is 0 Å². The van der Waals surface area contributed by atoms with E-state index in [1.807, 2.05) is 11.9 Å². The molecule has 2 aliphatic heterocycles. The Bertz CT molecular complexity index is 151. The van der Waals surface area contributed by atoms with Crippen LogP contribution in [0.4, 0.5) is 0 Å². The minimum absolute atomic E-state index is 0.875. The normalized spacial score (nSPS) is 33.2. The molecule has 2 fully saturated rings. The third-order valence-corrected chi connectivity index (χ3v) is 3.91. The van der Waals surface area contributed by atoms with Gasteiger partial charge in [-0.25, -0.2) is 4.31 Å². The summed E-state index contributed by atoms with van der Waals surface area (Å²) in [5.74, 6) is 0. The van der Waals surface area contributed by atoms with Gasteiger partial charge < -0.3 is 0 Å². The predicted octanol–water partition coefficient (Wildman–Crippen LogP) is 1.43. The van der Waals surface area contributed by atoms with Crippen molar-refractivity contribution >= 4 is 11.9 Å². The van der Waals surface area contributed by atoms with Crippen LogP contribution in [0.2, 0.25) is 0 Å². The van der Waals surface area contributed by atoms with E-state index < -0.39 is 0 Å². The molecule has 0 N–H and O–H groups in total. The molecular weight excluding hydrogens is 168 g/mol. The van der Waals surface area contributed by atoms with Gasteiger partial charge in [-0.1, -0.05) is 18.4 Å². The summed E-state index contributed by atoms with van der Waals surface area (Å²) in [6.07, 6.45) is 6.49. The first kappa shape index (κ1) is 8.85. The molecule has 2 heterocycles. The van der Waals surface area contributed by atoms with Crippen LogP contribution in [-0.4, -0.2) is 47.7 Å². The monoisotopic (exact) mass is 186 g/mol. The summed E-state index contributed by atoms with van der Waals surface area (Å²) >= 11 is 1.91. The Morgan fingerprint density at radius 1 is 1.17 bits per heavy atom. The Kier molecular flexibility index (Phi) is 2.94. The van der Waals surface area contributed by atoms with Crippen molar-refractivity contribution in [3.8, 4) is 0 Å². The zero-order valence-corrected chi connectivity index (χ0v) is 8.65. The second-order valence-corrected chi connectivity index (χ2v) is 4.64. The van der Waals surface area contributed by atoms with Crippen LogP contribution in [0.1, 0.15) is 19.3 Å². The summed E-state index contributed by atoms with van der Waals surface area (Å²) in [6.45, 7) is 5.21. The minimum Gasteiger partial charge on any atom is -0.298 e. The second kappa shape index (κ2) is 3.99. The topological polar surface area (TPSA) is 6.48 Å². The Morgan fingerprint density at radius 3 is 2.92 bits per heavy atom. The molecule has 0 aromatic rings. The fourth-order valence-corrected chi connectivity index (χ4v) is 2.88. The van der Waals surface area contributed by atoms with E-state index in [1.165, 1.54) is 45.4 Å². The van der Waals surface area contributed by atoms with Crippen molar-refractivity contribution in [2.24, 2.45) is 0 Å². The van der Waals surface area contributed by atoms with Gasteiger partial charge in [-0.2, -0.15) is 0 Å². The van der Waals surface area contributed by atoms with Crippen molar-refractivity contribution in [1.82, 2.24) is 9.21 Å². The predicted molar refractivity (Wildman–Crippen MR) is 54.3 cm³/mol. The Morgan fingerprint density at radius 2 is 2.08 bits per heavy atom. The van der Waals surface area contributed by atoms with Crippen molar-refractivity contribution in [2.75, 3.05) is 32.4 Å². The summed E-state index contributed by atoms with van der Waals surface area (Å²) in [5.41, 5.74) is 0. The number of hydrogen-bond donors (Lipinski definition) is 0. The molecule has 3 heteroatoms. The SMILES string of the molecule is CSN1CCN2CCCCC2C1. The molecule has 1 atom stereocenters. The Balaban J connectivity index is 1.90. The minimum atomic E-state index is 0.875. The molecule has 0 aromatic carbocycles. The van der Waals surface area contributed by atoms with E-state index in [0.717, 1.165) is 6.04 Å². The number of nitrogens with zero attached hydrogens (tertiary/aromatic N) is 2. The summed E-state index contributed by atoms with van der Waals surface area (Å²) in [4.78, 5) is 2.68. The molecule has 0 aromatic heterocycles. The van der Waals surface area contributed by atoms with E-state index in [9.17, 15) is 0 Å². The van der Waals surface area contributed by atoms with Gasteiger partial charge in [0.05, 0.1) is 0 Å². The van der Waals surface area contributed by atoms with Crippen LogP contribution in [0.3, 0.4) is 0 Å². The van der Waals surface area contributed by atoms with E-state index in [2.05, 4.69) is 15.5 Å². The van der Waals surface area contributed by atoms with Gasteiger partial charge in [-0.15, -0.1) is 0 Å². The van der Waals surface area contributed by atoms with Crippen LogP contribution in [0, 0.1) is 0 Å². The highest BCUT2D eigenvalue weighted by molar-refractivity contribution is 7.96. The lowest BCUT2D eigenvalue weighted by atomic mass is 10.0. The first-order valence-corrected chi connectivity index (χ1v) is 6.11. The van der Waals surface area contributed by atoms with Crippen LogP contribution >= 0.6 is 11.9 Å². The maximum Gasteiger partial charge on any atom is 0.0246 e. The number of fused-ring (bicyclic) bond motifs is 1. The van der Waals surface area contributed by atoms with Gasteiger partial charge in [-0.3, -0.25) is 4.90 Å². The molecule has 0 radical (unpaired) electrons. The zero-order valence-electron chi connectivity index (χ0n) is 7.83. The van der Waals surface area contributed by atoms with Crippen LogP contribution < -0.4 is 0 Å². The van der Waals surface area contributed by atoms with Crippen LogP contribution in [0.25, 0.3) is 0 Å². The first-order valence-electron chi connectivity index (χ1n) is 4.93. The van der Waals surface area contributed by atoms with Crippen molar-refractivity contribution < 1.29 is 0 Å². The van der Waals surface area contributed by atoms with E-state index in [1.54, 1.807) is 0 Å². The Hall–Kier alpha value is 0.270. The fraction of sp³-hybridized carbons (Fsp3) is 1.00. The van der Waals surface area contributed by atoms with Crippen molar-refractivity contribution in [3.05, 3.63) is 0 Å². The van der Waals surface area contributed by atoms with E-state index in [0.29, 0.717) is 0 Å². The molecular formula is C9H18N2S. The molecule has 2 aliphatic rings. The molecule has 0 aliphatic carbocycles. The van der Waals surface area contributed by atoms with Gasteiger partial charge in [0.1, 0.15) is 0 Å². The highest BCUT2D eigenvalue weighted by Crippen LogP contribution is 2.23. The third-order valence-electron chi connectivity index (χ3n) is 3.06. The van der Waals surface area contributed by atoms with Crippen molar-refractivity contribution in [3.63, 3.8) is 0 Å². The van der Waals surface area contributed by atoms with E-state index >= 15 is 0 Å². The molecule has 2 rings (SSSR count). The molecule has 1 unspecified atom stereocenters. The van der Waals surface area contributed by atoms with Gasteiger partial charge in [-0.05, 0) is 25.6 Å². The van der Waals surface area contributed by atoms with Crippen molar-refractivity contribution in [2.45, 2.75) is 25.3 Å². The maximum absolute atomic E-state index is 2.68. The van der Waals surface area contributed by atoms with E-state index in [4.69, 9.17) is 0 Å². The van der Waals surface area contributed by atoms with E-state index in [-0.39, 0.29) is 0 Å². The number of hydrogen-bond acceptors (Lipinski definition) is 3. The molecule has 12 heavy (non-hydrogen) atoms.